The zero-order valence-electron chi connectivity index (χ0n) is 11.4. The number of hydrogen-bond acceptors (Lipinski definition) is 4. The van der Waals surface area contributed by atoms with Gasteiger partial charge in [-0.25, -0.2) is 9.97 Å². The van der Waals surface area contributed by atoms with Crippen LogP contribution in [0.4, 0.5) is 0 Å². The van der Waals surface area contributed by atoms with Gasteiger partial charge in [0.1, 0.15) is 12.1 Å². The fourth-order valence-corrected chi connectivity index (χ4v) is 2.02. The first-order valence-electron chi connectivity index (χ1n) is 6.69. The maximum atomic E-state index is 5.78. The van der Waals surface area contributed by atoms with Crippen LogP contribution < -0.4 is 10.5 Å². The maximum absolute atomic E-state index is 5.78. The fourth-order valence-electron chi connectivity index (χ4n) is 2.02. The smallest absolute Gasteiger partial charge is 0.222 e. The topological polar surface area (TPSA) is 61.0 Å². The van der Waals surface area contributed by atoms with E-state index in [0.717, 1.165) is 22.6 Å². The van der Waals surface area contributed by atoms with E-state index in [2.05, 4.69) is 9.97 Å². The number of nitrogens with two attached hydrogens (primary N) is 1. The highest BCUT2D eigenvalue weighted by molar-refractivity contribution is 5.59. The highest BCUT2D eigenvalue weighted by atomic mass is 16.5. The van der Waals surface area contributed by atoms with Crippen LogP contribution in [0.25, 0.3) is 11.3 Å². The maximum Gasteiger partial charge on any atom is 0.222 e. The molecule has 0 unspecified atom stereocenters. The van der Waals surface area contributed by atoms with E-state index in [4.69, 9.17) is 10.5 Å². The van der Waals surface area contributed by atoms with Crippen molar-refractivity contribution in [2.75, 3.05) is 0 Å². The third-order valence-electron chi connectivity index (χ3n) is 3.07. The Labute approximate surface area is 123 Å². The molecule has 0 aliphatic carbocycles. The van der Waals surface area contributed by atoms with Gasteiger partial charge in [0.25, 0.3) is 0 Å². The minimum Gasteiger partial charge on any atom is -0.439 e. The number of aromatic nitrogens is 2. The Morgan fingerprint density at radius 2 is 1.76 bits per heavy atom. The predicted molar refractivity (Wildman–Crippen MR) is 81.9 cm³/mol. The Balaban J connectivity index is 1.86. The van der Waals surface area contributed by atoms with Crippen LogP contribution in [0, 0.1) is 0 Å². The van der Waals surface area contributed by atoms with Gasteiger partial charge in [-0.3, -0.25) is 0 Å². The second kappa shape index (κ2) is 6.15. The zero-order chi connectivity index (χ0) is 14.5. The minimum atomic E-state index is 0.482. The largest absolute Gasteiger partial charge is 0.439 e. The van der Waals surface area contributed by atoms with E-state index in [0.29, 0.717) is 12.4 Å². The summed E-state index contributed by atoms with van der Waals surface area (Å²) in [5.74, 6) is 1.23. The van der Waals surface area contributed by atoms with E-state index in [9.17, 15) is 0 Å². The molecule has 3 rings (SSSR count). The molecule has 0 saturated carbocycles. The quantitative estimate of drug-likeness (QED) is 0.794. The fraction of sp³-hybridized carbons (Fsp3) is 0.0588. The van der Waals surface area contributed by atoms with Gasteiger partial charge in [-0.1, -0.05) is 42.5 Å². The van der Waals surface area contributed by atoms with Gasteiger partial charge in [-0.2, -0.15) is 0 Å². The van der Waals surface area contributed by atoms with Crippen molar-refractivity contribution < 1.29 is 4.74 Å². The lowest BCUT2D eigenvalue weighted by atomic mass is 10.1. The molecule has 4 nitrogen and oxygen atoms in total. The summed E-state index contributed by atoms with van der Waals surface area (Å²) in [5, 5.41) is 0. The Morgan fingerprint density at radius 3 is 2.57 bits per heavy atom. The minimum absolute atomic E-state index is 0.482. The van der Waals surface area contributed by atoms with Gasteiger partial charge < -0.3 is 10.5 Å². The molecule has 0 aliphatic heterocycles. The number of rotatable bonds is 4. The van der Waals surface area contributed by atoms with Crippen LogP contribution >= 0.6 is 0 Å². The van der Waals surface area contributed by atoms with E-state index >= 15 is 0 Å². The third kappa shape index (κ3) is 3.24. The van der Waals surface area contributed by atoms with E-state index in [1.54, 1.807) is 0 Å². The molecule has 0 spiro atoms. The van der Waals surface area contributed by atoms with Crippen molar-refractivity contribution in [2.45, 2.75) is 6.54 Å². The standard InChI is InChI=1S/C17H15N3O/c18-11-13-5-4-8-15(9-13)21-17-10-16(19-12-20-17)14-6-2-1-3-7-14/h1-10,12H,11,18H2. The summed E-state index contributed by atoms with van der Waals surface area (Å²) in [6.45, 7) is 0.482. The van der Waals surface area contributed by atoms with Crippen LogP contribution in [-0.4, -0.2) is 9.97 Å². The van der Waals surface area contributed by atoms with E-state index in [1.807, 2.05) is 60.7 Å². The van der Waals surface area contributed by atoms with Gasteiger partial charge in [0.05, 0.1) is 5.69 Å². The first-order valence-corrected chi connectivity index (χ1v) is 6.69. The molecule has 2 N–H and O–H groups in total. The van der Waals surface area contributed by atoms with E-state index in [-0.39, 0.29) is 0 Å². The molecule has 104 valence electrons. The zero-order valence-corrected chi connectivity index (χ0v) is 11.4. The summed E-state index contributed by atoms with van der Waals surface area (Å²) in [5.41, 5.74) is 8.51. The van der Waals surface area contributed by atoms with Crippen LogP contribution in [0.1, 0.15) is 5.56 Å². The lowest BCUT2D eigenvalue weighted by Crippen LogP contribution is -1.96. The van der Waals surface area contributed by atoms with Crippen LogP contribution in [0.15, 0.2) is 67.0 Å². The van der Waals surface area contributed by atoms with E-state index in [1.165, 1.54) is 6.33 Å². The lowest BCUT2D eigenvalue weighted by Gasteiger charge is -2.07. The highest BCUT2D eigenvalue weighted by Gasteiger charge is 2.04. The Bertz CT molecular complexity index is 729. The molecule has 2 aromatic carbocycles. The Morgan fingerprint density at radius 1 is 0.905 bits per heavy atom. The second-order valence-electron chi connectivity index (χ2n) is 4.56. The van der Waals surface area contributed by atoms with Crippen molar-refractivity contribution in [2.24, 2.45) is 5.73 Å². The lowest BCUT2D eigenvalue weighted by molar-refractivity contribution is 0.461. The van der Waals surface area contributed by atoms with Gasteiger partial charge >= 0.3 is 0 Å². The molecule has 21 heavy (non-hydrogen) atoms. The monoisotopic (exact) mass is 277 g/mol. The molecular weight excluding hydrogens is 262 g/mol. The highest BCUT2D eigenvalue weighted by Crippen LogP contribution is 2.24. The van der Waals surface area contributed by atoms with Gasteiger partial charge in [-0.05, 0) is 17.7 Å². The van der Waals surface area contributed by atoms with Crippen molar-refractivity contribution in [3.05, 3.63) is 72.6 Å². The molecule has 0 aliphatic rings. The SMILES string of the molecule is NCc1cccc(Oc2cc(-c3ccccc3)ncn2)c1. The molecular formula is C17H15N3O. The second-order valence-corrected chi connectivity index (χ2v) is 4.56. The number of hydrogen-bond donors (Lipinski definition) is 1. The van der Waals surface area contributed by atoms with Gasteiger partial charge in [-0.15, -0.1) is 0 Å². The van der Waals surface area contributed by atoms with Crippen LogP contribution in [0.2, 0.25) is 0 Å². The summed E-state index contributed by atoms with van der Waals surface area (Å²) < 4.78 is 5.78. The number of nitrogens with zero attached hydrogens (tertiary/aromatic N) is 2. The van der Waals surface area contributed by atoms with Gasteiger partial charge in [0.15, 0.2) is 0 Å². The average Bonchev–Trinajstić information content (AvgIpc) is 2.56. The molecule has 0 amide bonds. The van der Waals surface area contributed by atoms with Gasteiger partial charge in [0, 0.05) is 18.2 Å². The van der Waals surface area contributed by atoms with E-state index < -0.39 is 0 Å². The number of benzene rings is 2. The number of ether oxygens (including phenoxy) is 1. The Kier molecular flexibility index (Phi) is 3.89. The summed E-state index contributed by atoms with van der Waals surface area (Å²) in [4.78, 5) is 8.42. The van der Waals surface area contributed by atoms with Crippen molar-refractivity contribution in [1.29, 1.82) is 0 Å². The molecule has 4 heteroatoms. The summed E-state index contributed by atoms with van der Waals surface area (Å²) in [6.07, 6.45) is 1.50. The van der Waals surface area contributed by atoms with Crippen LogP contribution in [0.3, 0.4) is 0 Å². The average molecular weight is 277 g/mol. The molecule has 1 aromatic heterocycles. The normalized spacial score (nSPS) is 10.3. The molecule has 0 saturated heterocycles. The molecule has 0 radical (unpaired) electrons. The summed E-state index contributed by atoms with van der Waals surface area (Å²) in [7, 11) is 0. The van der Waals surface area contributed by atoms with Crippen molar-refractivity contribution in [3.8, 4) is 22.9 Å². The molecule has 0 fully saturated rings. The predicted octanol–water partition coefficient (Wildman–Crippen LogP) is 3.39. The van der Waals surface area contributed by atoms with Crippen molar-refractivity contribution in [1.82, 2.24) is 9.97 Å². The van der Waals surface area contributed by atoms with Gasteiger partial charge in [0.2, 0.25) is 5.88 Å². The molecule has 0 atom stereocenters. The summed E-state index contributed by atoms with van der Waals surface area (Å²) in [6, 6.07) is 19.4. The Hall–Kier alpha value is -2.72. The summed E-state index contributed by atoms with van der Waals surface area (Å²) >= 11 is 0. The first-order chi connectivity index (χ1) is 10.3. The molecule has 0 bridgehead atoms. The van der Waals surface area contributed by atoms with Crippen LogP contribution in [-0.2, 0) is 6.54 Å². The van der Waals surface area contributed by atoms with Crippen molar-refractivity contribution in [3.63, 3.8) is 0 Å². The van der Waals surface area contributed by atoms with Crippen molar-refractivity contribution >= 4 is 0 Å². The molecule has 3 aromatic rings. The third-order valence-corrected chi connectivity index (χ3v) is 3.07. The first kappa shape index (κ1) is 13.3. The van der Waals surface area contributed by atoms with Crippen LogP contribution in [0.5, 0.6) is 11.6 Å². The molecule has 1 heterocycles.